The lowest BCUT2D eigenvalue weighted by atomic mass is 9.87. The van der Waals surface area contributed by atoms with E-state index in [0.717, 1.165) is 5.69 Å². The molecule has 22 heavy (non-hydrogen) atoms. The first-order valence-corrected chi connectivity index (χ1v) is 6.95. The molecule has 6 heteroatoms. The molecule has 2 aromatic rings. The summed E-state index contributed by atoms with van der Waals surface area (Å²) in [5, 5.41) is 12.2. The van der Waals surface area contributed by atoms with Gasteiger partial charge in [0.25, 0.3) is 0 Å². The Morgan fingerprint density at radius 1 is 1.36 bits per heavy atom. The lowest BCUT2D eigenvalue weighted by Gasteiger charge is -2.24. The van der Waals surface area contributed by atoms with Crippen LogP contribution in [0.15, 0.2) is 18.5 Å². The molecule has 0 radical (unpaired) electrons. The van der Waals surface area contributed by atoms with Crippen molar-refractivity contribution in [3.8, 4) is 5.75 Å². The van der Waals surface area contributed by atoms with Crippen molar-refractivity contribution in [2.75, 3.05) is 26.1 Å². The van der Waals surface area contributed by atoms with Gasteiger partial charge in [-0.15, -0.1) is 0 Å². The van der Waals surface area contributed by atoms with Crippen molar-refractivity contribution in [3.63, 3.8) is 0 Å². The van der Waals surface area contributed by atoms with Gasteiger partial charge in [-0.2, -0.15) is 4.73 Å². The van der Waals surface area contributed by atoms with Crippen LogP contribution in [0, 0.1) is 12.1 Å². The molecule has 2 heterocycles. The van der Waals surface area contributed by atoms with E-state index in [9.17, 15) is 10.0 Å². The van der Waals surface area contributed by atoms with Crippen LogP contribution in [0.1, 0.15) is 32.9 Å². The molecule has 1 aliphatic carbocycles. The predicted octanol–water partition coefficient (Wildman–Crippen LogP) is 1.23. The number of anilines is 1. The normalized spacial score (nSPS) is 12.6. The van der Waals surface area contributed by atoms with Crippen LogP contribution in [-0.2, 0) is 6.42 Å². The van der Waals surface area contributed by atoms with Crippen molar-refractivity contribution in [2.24, 2.45) is 0 Å². The Balaban J connectivity index is 2.29. The molecule has 0 saturated heterocycles. The highest BCUT2D eigenvalue weighted by Crippen LogP contribution is 2.34. The molecule has 0 N–H and O–H groups in total. The molecule has 1 aliphatic rings. The van der Waals surface area contributed by atoms with E-state index >= 15 is 0 Å². The number of aromatic nitrogens is 2. The van der Waals surface area contributed by atoms with E-state index in [-0.39, 0.29) is 5.78 Å². The van der Waals surface area contributed by atoms with Crippen molar-refractivity contribution in [1.82, 2.24) is 4.98 Å². The lowest BCUT2D eigenvalue weighted by molar-refractivity contribution is -0.614. The quantitative estimate of drug-likeness (QED) is 0.526. The first kappa shape index (κ1) is 14.3. The summed E-state index contributed by atoms with van der Waals surface area (Å²) in [5.74, 6) is 0.245. The van der Waals surface area contributed by atoms with Crippen LogP contribution < -0.4 is 14.4 Å². The van der Waals surface area contributed by atoms with Crippen molar-refractivity contribution >= 4 is 11.5 Å². The van der Waals surface area contributed by atoms with E-state index in [2.05, 4.69) is 4.98 Å². The molecule has 0 bridgehead atoms. The van der Waals surface area contributed by atoms with Gasteiger partial charge in [0.1, 0.15) is 0 Å². The van der Waals surface area contributed by atoms with Gasteiger partial charge < -0.3 is 14.8 Å². The molecule has 0 spiro atoms. The molecule has 0 saturated carbocycles. The molecule has 0 unspecified atom stereocenters. The zero-order chi connectivity index (χ0) is 16.0. The number of carbonyl (C=O) groups is 1. The SMILES string of the molecule is COc1c[n+]([O-])c2c(c1C)C(=O)c1c(N(C)C)ccnc1C2. The number of hydrogen-bond acceptors (Lipinski definition) is 5. The minimum atomic E-state index is -0.172. The van der Waals surface area contributed by atoms with E-state index < -0.39 is 0 Å². The van der Waals surface area contributed by atoms with E-state index in [0.29, 0.717) is 45.0 Å². The third-order valence-corrected chi connectivity index (χ3v) is 4.03. The minimum Gasteiger partial charge on any atom is -0.618 e. The Kier molecular flexibility index (Phi) is 3.24. The van der Waals surface area contributed by atoms with Gasteiger partial charge in [-0.25, -0.2) is 0 Å². The molecule has 0 aromatic carbocycles. The number of ketones is 1. The minimum absolute atomic E-state index is 0.172. The van der Waals surface area contributed by atoms with Gasteiger partial charge in [-0.05, 0) is 13.0 Å². The van der Waals surface area contributed by atoms with Crippen molar-refractivity contribution in [2.45, 2.75) is 13.3 Å². The summed E-state index contributed by atoms with van der Waals surface area (Å²) in [4.78, 5) is 19.2. The summed E-state index contributed by atoms with van der Waals surface area (Å²) >= 11 is 0. The first-order chi connectivity index (χ1) is 10.5. The number of rotatable bonds is 2. The van der Waals surface area contributed by atoms with Gasteiger partial charge in [-0.1, -0.05) is 0 Å². The van der Waals surface area contributed by atoms with Gasteiger partial charge in [0, 0.05) is 25.9 Å². The fourth-order valence-electron chi connectivity index (χ4n) is 2.94. The van der Waals surface area contributed by atoms with Crippen LogP contribution >= 0.6 is 0 Å². The predicted molar refractivity (Wildman–Crippen MR) is 81.5 cm³/mol. The zero-order valence-electron chi connectivity index (χ0n) is 13.0. The average Bonchev–Trinajstić information content (AvgIpc) is 2.49. The molecule has 0 aliphatic heterocycles. The van der Waals surface area contributed by atoms with Gasteiger partial charge in [-0.3, -0.25) is 9.78 Å². The molecule has 0 amide bonds. The summed E-state index contributed by atoms with van der Waals surface area (Å²) in [6, 6.07) is 1.81. The third kappa shape index (κ3) is 1.91. The summed E-state index contributed by atoms with van der Waals surface area (Å²) in [6.45, 7) is 1.80. The maximum Gasteiger partial charge on any atom is 0.222 e. The Bertz CT molecular complexity index is 785. The molecule has 0 atom stereocenters. The number of ether oxygens (including phenoxy) is 1. The van der Waals surface area contributed by atoms with Crippen molar-refractivity contribution in [3.05, 3.63) is 51.7 Å². The maximum atomic E-state index is 13.0. The maximum absolute atomic E-state index is 13.0. The Labute approximate surface area is 128 Å². The Morgan fingerprint density at radius 2 is 2.09 bits per heavy atom. The van der Waals surface area contributed by atoms with Crippen molar-refractivity contribution in [1.29, 1.82) is 0 Å². The Morgan fingerprint density at radius 3 is 2.73 bits per heavy atom. The zero-order valence-corrected chi connectivity index (χ0v) is 13.0. The highest BCUT2D eigenvalue weighted by molar-refractivity contribution is 6.15. The van der Waals surface area contributed by atoms with Crippen LogP contribution in [0.3, 0.4) is 0 Å². The van der Waals surface area contributed by atoms with E-state index in [4.69, 9.17) is 4.74 Å². The van der Waals surface area contributed by atoms with Gasteiger partial charge in [0.15, 0.2) is 5.75 Å². The van der Waals surface area contributed by atoms with Crippen LogP contribution in [0.5, 0.6) is 5.75 Å². The number of methoxy groups -OCH3 is 1. The average molecular weight is 299 g/mol. The number of carbonyl (C=O) groups excluding carboxylic acids is 1. The molecule has 0 fully saturated rings. The fraction of sp³-hybridized carbons (Fsp3) is 0.312. The highest BCUT2D eigenvalue weighted by atomic mass is 16.5. The number of pyridine rings is 2. The number of nitrogens with zero attached hydrogens (tertiary/aromatic N) is 3. The van der Waals surface area contributed by atoms with Crippen LogP contribution in [0.2, 0.25) is 0 Å². The monoisotopic (exact) mass is 299 g/mol. The molecule has 2 aromatic heterocycles. The smallest absolute Gasteiger partial charge is 0.222 e. The first-order valence-electron chi connectivity index (χ1n) is 6.95. The number of fused-ring (bicyclic) bond motifs is 2. The fourth-order valence-corrected chi connectivity index (χ4v) is 2.94. The summed E-state index contributed by atoms with van der Waals surface area (Å²) < 4.78 is 5.92. The van der Waals surface area contributed by atoms with E-state index in [1.807, 2.05) is 25.1 Å². The molecule has 114 valence electrons. The topological polar surface area (TPSA) is 69.4 Å². The molecular weight excluding hydrogens is 282 g/mol. The molecule has 3 rings (SSSR count). The van der Waals surface area contributed by atoms with E-state index in [1.54, 1.807) is 13.1 Å². The summed E-state index contributed by atoms with van der Waals surface area (Å²) in [5.41, 5.74) is 3.56. The van der Waals surface area contributed by atoms with Gasteiger partial charge >= 0.3 is 0 Å². The molecule has 6 nitrogen and oxygen atoms in total. The second-order valence-corrected chi connectivity index (χ2v) is 5.52. The Hall–Kier alpha value is -2.63. The van der Waals surface area contributed by atoms with Crippen LogP contribution in [-0.4, -0.2) is 32.0 Å². The van der Waals surface area contributed by atoms with Crippen LogP contribution in [0.25, 0.3) is 0 Å². The number of hydrogen-bond donors (Lipinski definition) is 0. The van der Waals surface area contributed by atoms with Gasteiger partial charge in [0.05, 0.1) is 36.0 Å². The summed E-state index contributed by atoms with van der Waals surface area (Å²) in [7, 11) is 5.25. The largest absolute Gasteiger partial charge is 0.618 e. The third-order valence-electron chi connectivity index (χ3n) is 4.03. The molecular formula is C16H17N3O3. The standard InChI is InChI=1S/C16H17N3O3/c1-9-13(22-4)8-19(21)12-7-10-15(16(20)14(9)12)11(18(2)3)5-6-17-10/h5-6,8H,7H2,1-4H3. The second kappa shape index (κ2) is 4.98. The highest BCUT2D eigenvalue weighted by Gasteiger charge is 2.35. The van der Waals surface area contributed by atoms with Crippen molar-refractivity contribution < 1.29 is 14.3 Å². The summed E-state index contributed by atoms with van der Waals surface area (Å²) in [6.07, 6.45) is 3.37. The van der Waals surface area contributed by atoms with Gasteiger partial charge in [0.2, 0.25) is 17.7 Å². The second-order valence-electron chi connectivity index (χ2n) is 5.52. The van der Waals surface area contributed by atoms with E-state index in [1.165, 1.54) is 13.3 Å². The lowest BCUT2D eigenvalue weighted by Crippen LogP contribution is -2.38. The van der Waals surface area contributed by atoms with Crippen LogP contribution in [0.4, 0.5) is 5.69 Å².